The molecule has 0 radical (unpaired) electrons. The maximum Gasteiger partial charge on any atom is 0.123 e. The van der Waals surface area contributed by atoms with Crippen molar-refractivity contribution in [1.82, 2.24) is 5.32 Å². The normalized spacial score (nSPS) is 12.3. The highest BCUT2D eigenvalue weighted by Gasteiger charge is 2.04. The van der Waals surface area contributed by atoms with Crippen molar-refractivity contribution in [2.45, 2.75) is 17.9 Å². The van der Waals surface area contributed by atoms with E-state index in [-0.39, 0.29) is 11.9 Å². The van der Waals surface area contributed by atoms with Crippen molar-refractivity contribution in [2.24, 2.45) is 0 Å². The largest absolute Gasteiger partial charge is 0.309 e. The smallest absolute Gasteiger partial charge is 0.123 e. The van der Waals surface area contributed by atoms with Crippen LogP contribution in [0.4, 0.5) is 4.39 Å². The van der Waals surface area contributed by atoms with Crippen LogP contribution in [0.25, 0.3) is 0 Å². The lowest BCUT2D eigenvalue weighted by molar-refractivity contribution is 0.594. The van der Waals surface area contributed by atoms with E-state index in [9.17, 15) is 4.39 Å². The summed E-state index contributed by atoms with van der Waals surface area (Å²) in [7, 11) is 0. The van der Waals surface area contributed by atoms with E-state index in [2.05, 4.69) is 36.5 Å². The zero-order chi connectivity index (χ0) is 13.5. The molecule has 1 nitrogen and oxygen atoms in total. The van der Waals surface area contributed by atoms with Gasteiger partial charge in [0.05, 0.1) is 0 Å². The fraction of sp³-hybridized carbons (Fsp3) is 0.250. The Balaban J connectivity index is 1.72. The Hall–Kier alpha value is -1.32. The third-order valence-electron chi connectivity index (χ3n) is 2.93. The minimum Gasteiger partial charge on any atom is -0.309 e. The predicted octanol–water partition coefficient (Wildman–Crippen LogP) is 4.27. The number of hydrogen-bond donors (Lipinski definition) is 1. The van der Waals surface area contributed by atoms with Crippen LogP contribution in [-0.4, -0.2) is 12.3 Å². The molecule has 0 saturated heterocycles. The van der Waals surface area contributed by atoms with Gasteiger partial charge in [-0.2, -0.15) is 0 Å². The first-order valence-corrected chi connectivity index (χ1v) is 7.41. The first-order chi connectivity index (χ1) is 9.25. The molecule has 0 saturated carbocycles. The Bertz CT molecular complexity index is 484. The van der Waals surface area contributed by atoms with Crippen molar-refractivity contribution in [1.29, 1.82) is 0 Å². The molecule has 2 aromatic rings. The number of hydrogen-bond acceptors (Lipinski definition) is 2. The molecule has 0 unspecified atom stereocenters. The van der Waals surface area contributed by atoms with Gasteiger partial charge >= 0.3 is 0 Å². The summed E-state index contributed by atoms with van der Waals surface area (Å²) >= 11 is 1.84. The predicted molar refractivity (Wildman–Crippen MR) is 80.0 cm³/mol. The van der Waals surface area contributed by atoms with Crippen molar-refractivity contribution < 1.29 is 4.39 Å². The average molecular weight is 275 g/mol. The third kappa shape index (κ3) is 4.69. The number of nitrogens with one attached hydrogen (secondary N) is 1. The lowest BCUT2D eigenvalue weighted by atomic mass is 10.1. The molecular formula is C16H18FNS. The second-order valence-electron chi connectivity index (χ2n) is 4.39. The maximum atomic E-state index is 12.8. The van der Waals surface area contributed by atoms with E-state index >= 15 is 0 Å². The van der Waals surface area contributed by atoms with Crippen LogP contribution in [0, 0.1) is 5.82 Å². The van der Waals surface area contributed by atoms with Gasteiger partial charge in [0.15, 0.2) is 0 Å². The molecule has 0 aliphatic carbocycles. The highest BCUT2D eigenvalue weighted by molar-refractivity contribution is 7.99. The molecular weight excluding hydrogens is 257 g/mol. The molecule has 0 aliphatic rings. The molecule has 0 spiro atoms. The summed E-state index contributed by atoms with van der Waals surface area (Å²) in [4.78, 5) is 1.29. The van der Waals surface area contributed by atoms with E-state index < -0.39 is 0 Å². The first kappa shape index (κ1) is 14.1. The van der Waals surface area contributed by atoms with Gasteiger partial charge in [-0.15, -0.1) is 11.8 Å². The van der Waals surface area contributed by atoms with Crippen molar-refractivity contribution in [2.75, 3.05) is 12.3 Å². The van der Waals surface area contributed by atoms with Gasteiger partial charge in [0, 0.05) is 23.2 Å². The molecule has 1 atom stereocenters. The summed E-state index contributed by atoms with van der Waals surface area (Å²) in [5.74, 6) is 0.839. The molecule has 3 heteroatoms. The van der Waals surface area contributed by atoms with E-state index in [4.69, 9.17) is 0 Å². The van der Waals surface area contributed by atoms with Gasteiger partial charge in [-0.25, -0.2) is 4.39 Å². The van der Waals surface area contributed by atoms with Gasteiger partial charge in [0.2, 0.25) is 0 Å². The van der Waals surface area contributed by atoms with E-state index in [0.29, 0.717) is 0 Å². The maximum absolute atomic E-state index is 12.8. The van der Waals surface area contributed by atoms with E-state index in [0.717, 1.165) is 17.9 Å². The lowest BCUT2D eigenvalue weighted by Crippen LogP contribution is -2.21. The van der Waals surface area contributed by atoms with Crippen LogP contribution >= 0.6 is 11.8 Å². The van der Waals surface area contributed by atoms with Crippen LogP contribution in [0.2, 0.25) is 0 Å². The SMILES string of the molecule is C[C@@H](NCCSc1ccccc1)c1ccc(F)cc1. The van der Waals surface area contributed by atoms with Crippen molar-refractivity contribution in [3.63, 3.8) is 0 Å². The Labute approximate surface area is 118 Å². The minimum atomic E-state index is -0.185. The molecule has 2 rings (SSSR count). The van der Waals surface area contributed by atoms with Crippen LogP contribution in [0.15, 0.2) is 59.5 Å². The standard InChI is InChI=1S/C16H18FNS/c1-13(14-7-9-15(17)10-8-14)18-11-12-19-16-5-3-2-4-6-16/h2-10,13,18H,11-12H2,1H3/t13-/m1/s1. The molecule has 1 N–H and O–H groups in total. The van der Waals surface area contributed by atoms with Crippen molar-refractivity contribution >= 4 is 11.8 Å². The summed E-state index contributed by atoms with van der Waals surface area (Å²) < 4.78 is 12.8. The summed E-state index contributed by atoms with van der Waals surface area (Å²) in [6, 6.07) is 17.3. The molecule has 0 amide bonds. The molecule has 0 bridgehead atoms. The number of halogens is 1. The molecule has 0 aliphatic heterocycles. The zero-order valence-corrected chi connectivity index (χ0v) is 11.8. The van der Waals surface area contributed by atoms with E-state index in [1.165, 1.54) is 17.0 Å². The van der Waals surface area contributed by atoms with Gasteiger partial charge in [-0.3, -0.25) is 0 Å². The van der Waals surface area contributed by atoms with E-state index in [1.54, 1.807) is 0 Å². The monoisotopic (exact) mass is 275 g/mol. The van der Waals surface area contributed by atoms with Crippen molar-refractivity contribution in [3.8, 4) is 0 Å². The van der Waals surface area contributed by atoms with E-state index in [1.807, 2.05) is 30.0 Å². The summed E-state index contributed by atoms with van der Waals surface area (Å²) in [5, 5.41) is 3.45. The highest BCUT2D eigenvalue weighted by Crippen LogP contribution is 2.17. The summed E-state index contributed by atoms with van der Waals surface area (Å²) in [6.07, 6.45) is 0. The number of thioether (sulfide) groups is 1. The topological polar surface area (TPSA) is 12.0 Å². The fourth-order valence-electron chi connectivity index (χ4n) is 1.83. The molecule has 0 fully saturated rings. The number of rotatable bonds is 6. The molecule has 19 heavy (non-hydrogen) atoms. The van der Waals surface area contributed by atoms with Gasteiger partial charge in [-0.1, -0.05) is 30.3 Å². The number of benzene rings is 2. The highest BCUT2D eigenvalue weighted by atomic mass is 32.2. The zero-order valence-electron chi connectivity index (χ0n) is 11.0. The lowest BCUT2D eigenvalue weighted by Gasteiger charge is -2.14. The quantitative estimate of drug-likeness (QED) is 0.624. The Morgan fingerprint density at radius 1 is 1.05 bits per heavy atom. The van der Waals surface area contributed by atoms with Crippen LogP contribution in [0.1, 0.15) is 18.5 Å². The summed E-state index contributed by atoms with van der Waals surface area (Å²) in [5.41, 5.74) is 1.12. The van der Waals surface area contributed by atoms with Gasteiger partial charge in [-0.05, 0) is 36.8 Å². The van der Waals surface area contributed by atoms with Crippen LogP contribution in [0.3, 0.4) is 0 Å². The van der Waals surface area contributed by atoms with Crippen LogP contribution in [0.5, 0.6) is 0 Å². The second-order valence-corrected chi connectivity index (χ2v) is 5.56. The molecule has 0 aromatic heterocycles. The average Bonchev–Trinajstić information content (AvgIpc) is 2.45. The van der Waals surface area contributed by atoms with Crippen LogP contribution < -0.4 is 5.32 Å². The van der Waals surface area contributed by atoms with Gasteiger partial charge in [0.1, 0.15) is 5.82 Å². The Kier molecular flexibility index (Phi) is 5.43. The van der Waals surface area contributed by atoms with Crippen LogP contribution in [-0.2, 0) is 0 Å². The molecule has 0 heterocycles. The molecule has 100 valence electrons. The Morgan fingerprint density at radius 2 is 1.74 bits per heavy atom. The van der Waals surface area contributed by atoms with Crippen molar-refractivity contribution in [3.05, 3.63) is 66.0 Å². The third-order valence-corrected chi connectivity index (χ3v) is 3.95. The fourth-order valence-corrected chi connectivity index (χ4v) is 2.64. The minimum absolute atomic E-state index is 0.185. The molecule has 2 aromatic carbocycles. The first-order valence-electron chi connectivity index (χ1n) is 6.42. The second kappa shape index (κ2) is 7.31. The van der Waals surface area contributed by atoms with Gasteiger partial charge in [0.25, 0.3) is 0 Å². The van der Waals surface area contributed by atoms with Gasteiger partial charge < -0.3 is 5.32 Å². The summed E-state index contributed by atoms with van der Waals surface area (Å²) in [6.45, 7) is 3.03. The Morgan fingerprint density at radius 3 is 2.42 bits per heavy atom.